The van der Waals surface area contributed by atoms with Crippen molar-refractivity contribution in [1.82, 2.24) is 0 Å². The number of halogens is 1. The fraction of sp³-hybridized carbons (Fsp3) is 0.0952. The quantitative estimate of drug-likeness (QED) is 0.640. The van der Waals surface area contributed by atoms with E-state index in [9.17, 15) is 17.6 Å². The van der Waals surface area contributed by atoms with Gasteiger partial charge in [-0.05, 0) is 48.5 Å². The number of rotatable bonds is 7. The predicted octanol–water partition coefficient (Wildman–Crippen LogP) is 3.67. The molecule has 0 aromatic heterocycles. The molecule has 3 rings (SSSR count). The summed E-state index contributed by atoms with van der Waals surface area (Å²) in [5.74, 6) is -0.714. The molecule has 0 atom stereocenters. The number of anilines is 2. The highest BCUT2D eigenvalue weighted by atomic mass is 32.2. The number of nitrogens with zero attached hydrogens (tertiary/aromatic N) is 1. The summed E-state index contributed by atoms with van der Waals surface area (Å²) in [6, 6.07) is 19.5. The van der Waals surface area contributed by atoms with Gasteiger partial charge in [-0.2, -0.15) is 0 Å². The number of methoxy groups -OCH3 is 1. The molecule has 0 radical (unpaired) electrons. The lowest BCUT2D eigenvalue weighted by molar-refractivity contribution is -0.114. The van der Waals surface area contributed by atoms with Crippen LogP contribution < -0.4 is 14.4 Å². The van der Waals surface area contributed by atoms with Crippen LogP contribution in [-0.2, 0) is 14.8 Å². The molecule has 150 valence electrons. The zero-order valence-corrected chi connectivity index (χ0v) is 16.4. The first-order chi connectivity index (χ1) is 13.9. The first kappa shape index (κ1) is 20.3. The van der Waals surface area contributed by atoms with E-state index in [1.807, 2.05) is 0 Å². The summed E-state index contributed by atoms with van der Waals surface area (Å²) < 4.78 is 45.9. The Morgan fingerprint density at radius 2 is 1.59 bits per heavy atom. The summed E-state index contributed by atoms with van der Waals surface area (Å²) in [5.41, 5.74) is 0.585. The summed E-state index contributed by atoms with van der Waals surface area (Å²) in [6.07, 6.45) is 0. The van der Waals surface area contributed by atoms with Crippen LogP contribution in [0.4, 0.5) is 15.8 Å². The number of sulfonamides is 1. The Hall–Kier alpha value is -3.39. The van der Waals surface area contributed by atoms with Gasteiger partial charge in [-0.15, -0.1) is 0 Å². The summed E-state index contributed by atoms with van der Waals surface area (Å²) in [6.45, 7) is -0.491. The molecule has 1 N–H and O–H groups in total. The molecular formula is C21H19FN2O4S. The summed E-state index contributed by atoms with van der Waals surface area (Å²) in [4.78, 5) is 12.6. The van der Waals surface area contributed by atoms with Gasteiger partial charge in [0.2, 0.25) is 5.91 Å². The summed E-state index contributed by atoms with van der Waals surface area (Å²) in [5, 5.41) is 2.58. The van der Waals surface area contributed by atoms with Crippen molar-refractivity contribution in [2.45, 2.75) is 4.90 Å². The predicted molar refractivity (Wildman–Crippen MR) is 109 cm³/mol. The minimum absolute atomic E-state index is 0.0421. The second kappa shape index (κ2) is 8.74. The van der Waals surface area contributed by atoms with Crippen molar-refractivity contribution in [3.8, 4) is 5.75 Å². The molecule has 1 amide bonds. The first-order valence-corrected chi connectivity index (χ1v) is 10.1. The lowest BCUT2D eigenvalue weighted by Crippen LogP contribution is -2.38. The largest absolute Gasteiger partial charge is 0.495 e. The maximum absolute atomic E-state index is 13.3. The zero-order chi connectivity index (χ0) is 20.9. The maximum atomic E-state index is 13.3. The molecule has 0 saturated carbocycles. The number of benzene rings is 3. The van der Waals surface area contributed by atoms with E-state index >= 15 is 0 Å². The molecule has 0 fully saturated rings. The minimum atomic E-state index is -4.05. The lowest BCUT2D eigenvalue weighted by atomic mass is 10.3. The molecule has 0 saturated heterocycles. The third-order valence-electron chi connectivity index (χ3n) is 4.10. The van der Waals surface area contributed by atoms with E-state index in [4.69, 9.17) is 4.74 Å². The first-order valence-electron chi connectivity index (χ1n) is 8.68. The normalized spacial score (nSPS) is 11.0. The lowest BCUT2D eigenvalue weighted by Gasteiger charge is -2.25. The molecular weight excluding hydrogens is 395 g/mol. The number of hydrogen-bond acceptors (Lipinski definition) is 4. The van der Waals surface area contributed by atoms with Gasteiger partial charge in [-0.1, -0.05) is 30.3 Å². The second-order valence-electron chi connectivity index (χ2n) is 6.05. The number of nitrogens with one attached hydrogen (secondary N) is 1. The van der Waals surface area contributed by atoms with Crippen LogP contribution in [0, 0.1) is 5.82 Å². The minimum Gasteiger partial charge on any atom is -0.495 e. The molecule has 0 aliphatic heterocycles. The molecule has 0 spiro atoms. The molecule has 0 aliphatic carbocycles. The van der Waals surface area contributed by atoms with Crippen LogP contribution in [-0.4, -0.2) is 28.0 Å². The molecule has 0 bridgehead atoms. The number of amides is 1. The fourth-order valence-corrected chi connectivity index (χ4v) is 4.17. The van der Waals surface area contributed by atoms with E-state index in [0.717, 1.165) is 4.31 Å². The molecule has 8 heteroatoms. The molecule has 3 aromatic rings. The van der Waals surface area contributed by atoms with Crippen LogP contribution in [0.25, 0.3) is 0 Å². The number of para-hydroxylation sites is 2. The molecule has 6 nitrogen and oxygen atoms in total. The Kier molecular flexibility index (Phi) is 6.13. The zero-order valence-electron chi connectivity index (χ0n) is 15.6. The molecule has 0 aliphatic rings. The summed E-state index contributed by atoms with van der Waals surface area (Å²) in [7, 11) is -2.63. The monoisotopic (exact) mass is 414 g/mol. The highest BCUT2D eigenvalue weighted by Crippen LogP contribution is 2.32. The van der Waals surface area contributed by atoms with Gasteiger partial charge >= 0.3 is 0 Å². The van der Waals surface area contributed by atoms with Crippen molar-refractivity contribution < 1.29 is 22.3 Å². The van der Waals surface area contributed by atoms with Crippen LogP contribution in [0.2, 0.25) is 0 Å². The number of carbonyl (C=O) groups is 1. The van der Waals surface area contributed by atoms with Gasteiger partial charge in [0.15, 0.2) is 0 Å². The van der Waals surface area contributed by atoms with Crippen LogP contribution in [0.3, 0.4) is 0 Å². The van der Waals surface area contributed by atoms with Crippen molar-refractivity contribution in [3.63, 3.8) is 0 Å². The molecule has 0 unspecified atom stereocenters. The average molecular weight is 414 g/mol. The third kappa shape index (κ3) is 4.72. The molecule has 3 aromatic carbocycles. The van der Waals surface area contributed by atoms with Gasteiger partial charge in [-0.3, -0.25) is 9.10 Å². The summed E-state index contributed by atoms with van der Waals surface area (Å²) >= 11 is 0. The smallest absolute Gasteiger partial charge is 0.264 e. The number of ether oxygens (including phenoxy) is 1. The third-order valence-corrected chi connectivity index (χ3v) is 5.87. The molecule has 0 heterocycles. The van der Waals surface area contributed by atoms with Crippen LogP contribution >= 0.6 is 0 Å². The Balaban J connectivity index is 1.97. The Bertz CT molecular complexity index is 1090. The average Bonchev–Trinajstić information content (AvgIpc) is 2.74. The van der Waals surface area contributed by atoms with E-state index in [1.165, 1.54) is 43.5 Å². The fourth-order valence-electron chi connectivity index (χ4n) is 2.72. The Morgan fingerprint density at radius 1 is 0.966 bits per heavy atom. The highest BCUT2D eigenvalue weighted by molar-refractivity contribution is 7.92. The van der Waals surface area contributed by atoms with Gasteiger partial charge in [0.25, 0.3) is 10.0 Å². The maximum Gasteiger partial charge on any atom is 0.264 e. The van der Waals surface area contributed by atoms with Crippen molar-refractivity contribution in [1.29, 1.82) is 0 Å². The van der Waals surface area contributed by atoms with Crippen molar-refractivity contribution in [3.05, 3.63) is 84.7 Å². The van der Waals surface area contributed by atoms with Crippen molar-refractivity contribution >= 4 is 27.3 Å². The Morgan fingerprint density at radius 3 is 2.24 bits per heavy atom. The van der Waals surface area contributed by atoms with Crippen LogP contribution in [0.1, 0.15) is 0 Å². The molecule has 29 heavy (non-hydrogen) atoms. The van der Waals surface area contributed by atoms with Gasteiger partial charge in [0.05, 0.1) is 17.7 Å². The second-order valence-corrected chi connectivity index (χ2v) is 7.91. The van der Waals surface area contributed by atoms with Gasteiger partial charge in [-0.25, -0.2) is 12.8 Å². The number of carbonyl (C=O) groups excluding carboxylic acids is 1. The van der Waals surface area contributed by atoms with E-state index in [1.54, 1.807) is 42.5 Å². The van der Waals surface area contributed by atoms with Crippen LogP contribution in [0.15, 0.2) is 83.8 Å². The van der Waals surface area contributed by atoms with Crippen LogP contribution in [0.5, 0.6) is 5.75 Å². The SMILES string of the molecule is COc1ccccc1N(CC(=O)Nc1ccc(F)cc1)S(=O)(=O)c1ccccc1. The van der Waals surface area contributed by atoms with E-state index < -0.39 is 28.3 Å². The highest BCUT2D eigenvalue weighted by Gasteiger charge is 2.29. The topological polar surface area (TPSA) is 75.7 Å². The van der Waals surface area contributed by atoms with Crippen molar-refractivity contribution in [2.75, 3.05) is 23.3 Å². The van der Waals surface area contributed by atoms with E-state index in [-0.39, 0.29) is 10.6 Å². The Labute approximate surface area is 168 Å². The van der Waals surface area contributed by atoms with Gasteiger partial charge in [0.1, 0.15) is 18.1 Å². The standard InChI is InChI=1S/C21H19FN2O4S/c1-28-20-10-6-5-9-19(20)24(29(26,27)18-7-3-2-4-8-18)15-21(25)23-17-13-11-16(22)12-14-17/h2-14H,15H2,1H3,(H,23,25). The van der Waals surface area contributed by atoms with Crippen molar-refractivity contribution in [2.24, 2.45) is 0 Å². The number of hydrogen-bond donors (Lipinski definition) is 1. The van der Waals surface area contributed by atoms with Gasteiger partial charge in [0, 0.05) is 5.69 Å². The van der Waals surface area contributed by atoms with E-state index in [0.29, 0.717) is 11.4 Å². The van der Waals surface area contributed by atoms with Gasteiger partial charge < -0.3 is 10.1 Å². The van der Waals surface area contributed by atoms with E-state index in [2.05, 4.69) is 5.32 Å².